The van der Waals surface area contributed by atoms with Gasteiger partial charge in [0.2, 0.25) is 0 Å². The molecule has 8 heteroatoms. The smallest absolute Gasteiger partial charge is 0.319 e. The van der Waals surface area contributed by atoms with Crippen LogP contribution in [0.25, 0.3) is 0 Å². The molecule has 1 aliphatic rings. The van der Waals surface area contributed by atoms with Crippen molar-refractivity contribution in [2.45, 2.75) is 11.3 Å². The molecule has 2 N–H and O–H groups in total. The van der Waals surface area contributed by atoms with Crippen LogP contribution >= 0.6 is 0 Å². The van der Waals surface area contributed by atoms with Gasteiger partial charge in [-0.05, 0) is 31.2 Å². The van der Waals surface area contributed by atoms with Crippen molar-refractivity contribution in [1.82, 2.24) is 10.2 Å². The Bertz CT molecular complexity index is 627. The molecule has 1 aromatic rings. The highest BCUT2D eigenvalue weighted by Gasteiger charge is 2.10. The molecule has 1 aliphatic heterocycles. The molecule has 0 atom stereocenters. The Morgan fingerprint density at radius 2 is 2.04 bits per heavy atom. The predicted molar refractivity (Wildman–Crippen MR) is 88.4 cm³/mol. The number of nitrogens with zero attached hydrogens (tertiary/aromatic N) is 1. The van der Waals surface area contributed by atoms with Crippen LogP contribution in [0.2, 0.25) is 0 Å². The molecule has 2 rings (SSSR count). The van der Waals surface area contributed by atoms with Crippen molar-refractivity contribution in [2.24, 2.45) is 0 Å². The first-order chi connectivity index (χ1) is 10.9. The van der Waals surface area contributed by atoms with Gasteiger partial charge in [-0.1, -0.05) is 6.07 Å². The Kier molecular flexibility index (Phi) is 6.37. The molecule has 0 unspecified atom stereocenters. The number of nitrogens with one attached hydrogen (secondary N) is 2. The molecule has 0 aliphatic carbocycles. The SMILES string of the molecule is CS(=O)(=O)c1cccc(NC(=O)NCCCN2CCOCC2)c1. The number of amides is 2. The van der Waals surface area contributed by atoms with E-state index >= 15 is 0 Å². The molecule has 1 aromatic carbocycles. The zero-order valence-electron chi connectivity index (χ0n) is 13.2. The molecule has 0 spiro atoms. The fraction of sp³-hybridized carbons (Fsp3) is 0.533. The Balaban J connectivity index is 1.72. The zero-order chi connectivity index (χ0) is 16.7. The van der Waals surface area contributed by atoms with Crippen LogP contribution in [0.3, 0.4) is 0 Å². The van der Waals surface area contributed by atoms with Gasteiger partial charge < -0.3 is 15.4 Å². The molecule has 128 valence electrons. The summed E-state index contributed by atoms with van der Waals surface area (Å²) >= 11 is 0. The van der Waals surface area contributed by atoms with E-state index < -0.39 is 9.84 Å². The lowest BCUT2D eigenvalue weighted by Crippen LogP contribution is -2.38. The standard InChI is InChI=1S/C15H23N3O4S/c1-23(20,21)14-5-2-4-13(12-14)17-15(19)16-6-3-7-18-8-10-22-11-9-18/h2,4-5,12H,3,6-11H2,1H3,(H2,16,17,19). The number of carbonyl (C=O) groups excluding carboxylic acids is 1. The second-order valence-electron chi connectivity index (χ2n) is 5.49. The molecule has 0 bridgehead atoms. The van der Waals surface area contributed by atoms with E-state index in [-0.39, 0.29) is 10.9 Å². The van der Waals surface area contributed by atoms with Gasteiger partial charge in [0, 0.05) is 31.6 Å². The molecular formula is C15H23N3O4S. The van der Waals surface area contributed by atoms with E-state index in [1.165, 1.54) is 12.1 Å². The summed E-state index contributed by atoms with van der Waals surface area (Å²) in [5.41, 5.74) is 0.457. The average molecular weight is 341 g/mol. The molecule has 1 heterocycles. The summed E-state index contributed by atoms with van der Waals surface area (Å²) in [6.07, 6.45) is 1.99. The van der Waals surface area contributed by atoms with E-state index in [0.717, 1.165) is 45.5 Å². The molecule has 23 heavy (non-hydrogen) atoms. The number of morpholine rings is 1. The van der Waals surface area contributed by atoms with E-state index in [4.69, 9.17) is 4.74 Å². The first-order valence-electron chi connectivity index (χ1n) is 7.60. The van der Waals surface area contributed by atoms with Gasteiger partial charge in [0.15, 0.2) is 9.84 Å². The van der Waals surface area contributed by atoms with Crippen molar-refractivity contribution in [3.8, 4) is 0 Å². The maximum atomic E-state index is 11.8. The summed E-state index contributed by atoms with van der Waals surface area (Å²) < 4.78 is 28.3. The third-order valence-electron chi connectivity index (χ3n) is 3.56. The van der Waals surface area contributed by atoms with Crippen LogP contribution < -0.4 is 10.6 Å². The highest BCUT2D eigenvalue weighted by atomic mass is 32.2. The van der Waals surface area contributed by atoms with Crippen LogP contribution in [0, 0.1) is 0 Å². The van der Waals surface area contributed by atoms with Crippen LogP contribution in [0.1, 0.15) is 6.42 Å². The van der Waals surface area contributed by atoms with Gasteiger partial charge in [-0.2, -0.15) is 0 Å². The van der Waals surface area contributed by atoms with Gasteiger partial charge >= 0.3 is 6.03 Å². The fourth-order valence-corrected chi connectivity index (χ4v) is 2.98. The van der Waals surface area contributed by atoms with Crippen LogP contribution in [0.5, 0.6) is 0 Å². The monoisotopic (exact) mass is 341 g/mol. The summed E-state index contributed by atoms with van der Waals surface area (Å²) in [6.45, 7) is 4.90. The largest absolute Gasteiger partial charge is 0.379 e. The molecule has 0 aromatic heterocycles. The molecule has 0 saturated carbocycles. The lowest BCUT2D eigenvalue weighted by molar-refractivity contribution is 0.0375. The van der Waals surface area contributed by atoms with Gasteiger partial charge in [-0.25, -0.2) is 13.2 Å². The number of anilines is 1. The van der Waals surface area contributed by atoms with Crippen LogP contribution in [-0.4, -0.2) is 65.0 Å². The van der Waals surface area contributed by atoms with Crippen LogP contribution in [-0.2, 0) is 14.6 Å². The maximum absolute atomic E-state index is 11.8. The summed E-state index contributed by atoms with van der Waals surface area (Å²) in [6, 6.07) is 5.87. The number of rotatable bonds is 6. The first-order valence-corrected chi connectivity index (χ1v) is 9.49. The number of carbonyl (C=O) groups is 1. The molecule has 0 radical (unpaired) electrons. The van der Waals surface area contributed by atoms with Gasteiger partial charge in [-0.15, -0.1) is 0 Å². The number of urea groups is 1. The third-order valence-corrected chi connectivity index (χ3v) is 4.67. The minimum absolute atomic E-state index is 0.183. The van der Waals surface area contributed by atoms with Crippen molar-refractivity contribution in [3.05, 3.63) is 24.3 Å². The van der Waals surface area contributed by atoms with E-state index in [1.807, 2.05) is 0 Å². The summed E-state index contributed by atoms with van der Waals surface area (Å²) in [5, 5.41) is 5.42. The zero-order valence-corrected chi connectivity index (χ0v) is 14.1. The van der Waals surface area contributed by atoms with E-state index in [9.17, 15) is 13.2 Å². The summed E-state index contributed by atoms with van der Waals surface area (Å²) in [5.74, 6) is 0. The van der Waals surface area contributed by atoms with E-state index in [1.54, 1.807) is 12.1 Å². The molecule has 1 saturated heterocycles. The third kappa shape index (κ3) is 6.17. The Morgan fingerprint density at radius 3 is 2.74 bits per heavy atom. The van der Waals surface area contributed by atoms with Crippen LogP contribution in [0.4, 0.5) is 10.5 Å². The fourth-order valence-electron chi connectivity index (χ4n) is 2.31. The predicted octanol–water partition coefficient (Wildman–Crippen LogP) is 0.934. The summed E-state index contributed by atoms with van der Waals surface area (Å²) in [4.78, 5) is 14.3. The second kappa shape index (κ2) is 8.28. The van der Waals surface area contributed by atoms with Gasteiger partial charge in [0.05, 0.1) is 18.1 Å². The Morgan fingerprint density at radius 1 is 1.30 bits per heavy atom. The number of ether oxygens (including phenoxy) is 1. The first kappa shape index (κ1) is 17.7. The van der Waals surface area contributed by atoms with Gasteiger partial charge in [0.1, 0.15) is 0 Å². The number of benzene rings is 1. The quantitative estimate of drug-likeness (QED) is 0.752. The average Bonchev–Trinajstić information content (AvgIpc) is 2.52. The topological polar surface area (TPSA) is 87.7 Å². The minimum Gasteiger partial charge on any atom is -0.379 e. The molecule has 2 amide bonds. The maximum Gasteiger partial charge on any atom is 0.319 e. The number of hydrogen-bond donors (Lipinski definition) is 2. The molecule has 1 fully saturated rings. The lowest BCUT2D eigenvalue weighted by atomic mass is 10.3. The van der Waals surface area contributed by atoms with Gasteiger partial charge in [0.25, 0.3) is 0 Å². The normalized spacial score (nSPS) is 16.0. The lowest BCUT2D eigenvalue weighted by Gasteiger charge is -2.26. The second-order valence-corrected chi connectivity index (χ2v) is 7.50. The highest BCUT2D eigenvalue weighted by Crippen LogP contribution is 2.15. The number of hydrogen-bond acceptors (Lipinski definition) is 5. The summed E-state index contributed by atoms with van der Waals surface area (Å²) in [7, 11) is -3.28. The Hall–Kier alpha value is -1.64. The van der Waals surface area contributed by atoms with E-state index in [0.29, 0.717) is 12.2 Å². The van der Waals surface area contributed by atoms with Crippen LogP contribution in [0.15, 0.2) is 29.2 Å². The van der Waals surface area contributed by atoms with Crippen molar-refractivity contribution in [3.63, 3.8) is 0 Å². The van der Waals surface area contributed by atoms with Gasteiger partial charge in [-0.3, -0.25) is 4.90 Å². The van der Waals surface area contributed by atoms with Crippen molar-refractivity contribution < 1.29 is 17.9 Å². The molecule has 7 nitrogen and oxygen atoms in total. The van der Waals surface area contributed by atoms with Crippen molar-refractivity contribution >= 4 is 21.6 Å². The number of sulfone groups is 1. The minimum atomic E-state index is -3.28. The van der Waals surface area contributed by atoms with E-state index in [2.05, 4.69) is 15.5 Å². The Labute approximate surface area is 136 Å². The van der Waals surface area contributed by atoms with Crippen molar-refractivity contribution in [2.75, 3.05) is 51.0 Å². The highest BCUT2D eigenvalue weighted by molar-refractivity contribution is 7.90. The van der Waals surface area contributed by atoms with Crippen molar-refractivity contribution in [1.29, 1.82) is 0 Å². The molecular weight excluding hydrogens is 318 g/mol.